The number of anilines is 1. The van der Waals surface area contributed by atoms with Gasteiger partial charge in [0.2, 0.25) is 5.91 Å². The monoisotopic (exact) mass is 431 g/mol. The summed E-state index contributed by atoms with van der Waals surface area (Å²) in [6.07, 6.45) is 0.537. The third-order valence-electron chi connectivity index (χ3n) is 5.32. The minimum Gasteiger partial charge on any atom is -0.477 e. The van der Waals surface area contributed by atoms with Crippen LogP contribution in [0.15, 0.2) is 66.9 Å². The zero-order chi connectivity index (χ0) is 22.7. The molecule has 0 saturated heterocycles. The maximum atomic E-state index is 12.3. The van der Waals surface area contributed by atoms with Crippen LogP contribution in [0.5, 0.6) is 0 Å². The third-order valence-corrected chi connectivity index (χ3v) is 5.32. The van der Waals surface area contributed by atoms with E-state index in [9.17, 15) is 14.4 Å². The highest BCUT2D eigenvalue weighted by Gasteiger charge is 2.29. The highest BCUT2D eigenvalue weighted by Crippen LogP contribution is 2.44. The summed E-state index contributed by atoms with van der Waals surface area (Å²) in [5.74, 6) is -1.72. The maximum absolute atomic E-state index is 12.3. The van der Waals surface area contributed by atoms with Gasteiger partial charge in [0.1, 0.15) is 18.3 Å². The summed E-state index contributed by atoms with van der Waals surface area (Å²) in [6, 6.07) is 17.9. The van der Waals surface area contributed by atoms with Gasteiger partial charge in [0.05, 0.1) is 11.9 Å². The van der Waals surface area contributed by atoms with Crippen LogP contribution in [0.25, 0.3) is 11.1 Å². The largest absolute Gasteiger partial charge is 0.477 e. The molecular weight excluding hydrogens is 410 g/mol. The summed E-state index contributed by atoms with van der Waals surface area (Å²) in [5, 5.41) is 14.0. The van der Waals surface area contributed by atoms with E-state index in [1.165, 1.54) is 25.3 Å². The van der Waals surface area contributed by atoms with Crippen molar-refractivity contribution < 1.29 is 24.2 Å². The molecule has 0 bridgehead atoms. The fraction of sp³-hybridized carbons (Fsp3) is 0.167. The first-order valence-electron chi connectivity index (χ1n) is 10.1. The van der Waals surface area contributed by atoms with Crippen molar-refractivity contribution in [2.75, 3.05) is 11.9 Å². The number of benzene rings is 2. The second-order valence-corrected chi connectivity index (χ2v) is 7.42. The molecule has 1 aliphatic rings. The second kappa shape index (κ2) is 8.89. The Morgan fingerprint density at radius 1 is 1.00 bits per heavy atom. The molecular formula is C24H21N3O5. The molecule has 8 nitrogen and oxygen atoms in total. The van der Waals surface area contributed by atoms with Gasteiger partial charge >= 0.3 is 12.1 Å². The van der Waals surface area contributed by atoms with Crippen LogP contribution in [-0.4, -0.2) is 40.7 Å². The lowest BCUT2D eigenvalue weighted by atomic mass is 9.98. The number of rotatable bonds is 6. The Kier molecular flexibility index (Phi) is 5.85. The van der Waals surface area contributed by atoms with E-state index in [4.69, 9.17) is 9.84 Å². The summed E-state index contributed by atoms with van der Waals surface area (Å²) < 4.78 is 5.45. The summed E-state index contributed by atoms with van der Waals surface area (Å²) in [6.45, 7) is 1.67. The van der Waals surface area contributed by atoms with Crippen LogP contribution < -0.4 is 10.6 Å². The van der Waals surface area contributed by atoms with Gasteiger partial charge in [-0.3, -0.25) is 4.79 Å². The number of aromatic carboxylic acids is 1. The molecule has 32 heavy (non-hydrogen) atoms. The molecule has 1 aromatic heterocycles. The number of amides is 2. The molecule has 3 aromatic rings. The van der Waals surface area contributed by atoms with Gasteiger partial charge in [0, 0.05) is 5.92 Å². The van der Waals surface area contributed by atoms with Crippen molar-refractivity contribution >= 4 is 23.7 Å². The number of carboxylic acid groups (broad SMARTS) is 1. The predicted molar refractivity (Wildman–Crippen MR) is 117 cm³/mol. The van der Waals surface area contributed by atoms with Crippen LogP contribution in [0, 0.1) is 0 Å². The molecule has 3 N–H and O–H groups in total. The smallest absolute Gasteiger partial charge is 0.407 e. The number of carbonyl (C=O) groups is 3. The molecule has 1 atom stereocenters. The first-order valence-corrected chi connectivity index (χ1v) is 10.1. The SMILES string of the molecule is CC(NC(=O)OCC1c2ccccc2-c2ccccc21)C(=O)Nc1ccc(C(=O)O)nc1. The topological polar surface area (TPSA) is 118 Å². The van der Waals surface area contributed by atoms with Crippen LogP contribution in [0.4, 0.5) is 10.5 Å². The number of pyridine rings is 1. The Bertz CT molecular complexity index is 1130. The van der Waals surface area contributed by atoms with Crippen molar-refractivity contribution in [3.63, 3.8) is 0 Å². The van der Waals surface area contributed by atoms with Gasteiger partial charge in [0.15, 0.2) is 0 Å². The van der Waals surface area contributed by atoms with Crippen LogP contribution in [0.1, 0.15) is 34.5 Å². The summed E-state index contributed by atoms with van der Waals surface area (Å²) >= 11 is 0. The van der Waals surface area contributed by atoms with Gasteiger partial charge in [0.25, 0.3) is 0 Å². The number of alkyl carbamates (subject to hydrolysis) is 1. The molecule has 1 heterocycles. The molecule has 0 radical (unpaired) electrons. The van der Waals surface area contributed by atoms with Crippen molar-refractivity contribution in [3.05, 3.63) is 83.7 Å². The molecule has 1 unspecified atom stereocenters. The molecule has 2 amide bonds. The molecule has 162 valence electrons. The molecule has 0 saturated carbocycles. The Morgan fingerprint density at radius 2 is 1.62 bits per heavy atom. The zero-order valence-corrected chi connectivity index (χ0v) is 17.2. The Labute approximate surface area is 184 Å². The average molecular weight is 431 g/mol. The third kappa shape index (κ3) is 4.29. The van der Waals surface area contributed by atoms with Crippen LogP contribution in [0.2, 0.25) is 0 Å². The number of carbonyl (C=O) groups excluding carboxylic acids is 2. The van der Waals surface area contributed by atoms with E-state index >= 15 is 0 Å². The van der Waals surface area contributed by atoms with Gasteiger partial charge in [-0.05, 0) is 41.3 Å². The van der Waals surface area contributed by atoms with E-state index < -0.39 is 24.0 Å². The summed E-state index contributed by atoms with van der Waals surface area (Å²) in [5.41, 5.74) is 4.66. The van der Waals surface area contributed by atoms with Crippen LogP contribution >= 0.6 is 0 Å². The summed E-state index contributed by atoms with van der Waals surface area (Å²) in [4.78, 5) is 39.2. The van der Waals surface area contributed by atoms with Gasteiger partial charge < -0.3 is 20.5 Å². The van der Waals surface area contributed by atoms with E-state index in [0.29, 0.717) is 5.69 Å². The minimum absolute atomic E-state index is 0.0730. The van der Waals surface area contributed by atoms with Crippen molar-refractivity contribution in [1.82, 2.24) is 10.3 Å². The number of carboxylic acids is 1. The highest BCUT2D eigenvalue weighted by molar-refractivity contribution is 5.96. The molecule has 8 heteroatoms. The lowest BCUT2D eigenvalue weighted by Gasteiger charge is -2.17. The minimum atomic E-state index is -1.16. The second-order valence-electron chi connectivity index (χ2n) is 7.42. The first kappa shape index (κ1) is 21.0. The molecule has 0 aliphatic heterocycles. The van der Waals surface area contributed by atoms with Gasteiger partial charge in [-0.25, -0.2) is 14.6 Å². The number of ether oxygens (including phenoxy) is 1. The number of hydrogen-bond acceptors (Lipinski definition) is 5. The Hall–Kier alpha value is -4.20. The van der Waals surface area contributed by atoms with Crippen molar-refractivity contribution in [2.24, 2.45) is 0 Å². The van der Waals surface area contributed by atoms with E-state index in [1.54, 1.807) is 0 Å². The zero-order valence-electron chi connectivity index (χ0n) is 17.2. The highest BCUT2D eigenvalue weighted by atomic mass is 16.5. The molecule has 0 spiro atoms. The van der Waals surface area contributed by atoms with Crippen molar-refractivity contribution in [1.29, 1.82) is 0 Å². The quantitative estimate of drug-likeness (QED) is 0.548. The normalized spacial score (nSPS) is 12.9. The Morgan fingerprint density at radius 3 is 2.19 bits per heavy atom. The maximum Gasteiger partial charge on any atom is 0.407 e. The molecule has 4 rings (SSSR count). The van der Waals surface area contributed by atoms with E-state index in [-0.39, 0.29) is 18.2 Å². The van der Waals surface area contributed by atoms with E-state index in [1.807, 2.05) is 36.4 Å². The number of aromatic nitrogens is 1. The van der Waals surface area contributed by atoms with Gasteiger partial charge in [-0.2, -0.15) is 0 Å². The van der Waals surface area contributed by atoms with Crippen LogP contribution in [-0.2, 0) is 9.53 Å². The Balaban J connectivity index is 1.34. The number of hydrogen-bond donors (Lipinski definition) is 3. The first-order chi connectivity index (χ1) is 15.4. The van der Waals surface area contributed by atoms with Gasteiger partial charge in [-0.1, -0.05) is 48.5 Å². The fourth-order valence-corrected chi connectivity index (χ4v) is 3.73. The van der Waals surface area contributed by atoms with E-state index in [2.05, 4.69) is 27.8 Å². The fourth-order valence-electron chi connectivity index (χ4n) is 3.73. The number of nitrogens with one attached hydrogen (secondary N) is 2. The lowest BCUT2D eigenvalue weighted by molar-refractivity contribution is -0.117. The lowest BCUT2D eigenvalue weighted by Crippen LogP contribution is -2.42. The van der Waals surface area contributed by atoms with Gasteiger partial charge in [-0.15, -0.1) is 0 Å². The standard InChI is InChI=1S/C24H21N3O5/c1-14(22(28)27-15-10-11-21(23(29)30)25-12-15)26-24(31)32-13-20-18-8-4-2-6-16(18)17-7-3-5-9-19(17)20/h2-12,14,20H,13H2,1H3,(H,26,31)(H,27,28)(H,29,30). The number of nitrogens with zero attached hydrogens (tertiary/aromatic N) is 1. The van der Waals surface area contributed by atoms with Crippen molar-refractivity contribution in [2.45, 2.75) is 18.9 Å². The molecule has 0 fully saturated rings. The molecule has 1 aliphatic carbocycles. The molecule has 2 aromatic carbocycles. The predicted octanol–water partition coefficient (Wildman–Crippen LogP) is 3.65. The van der Waals surface area contributed by atoms with Crippen LogP contribution in [0.3, 0.4) is 0 Å². The average Bonchev–Trinajstić information content (AvgIpc) is 3.12. The van der Waals surface area contributed by atoms with E-state index in [0.717, 1.165) is 22.3 Å². The van der Waals surface area contributed by atoms with Crippen molar-refractivity contribution in [3.8, 4) is 11.1 Å². The number of fused-ring (bicyclic) bond motifs is 3. The summed E-state index contributed by atoms with van der Waals surface area (Å²) in [7, 11) is 0.